The van der Waals surface area contributed by atoms with Gasteiger partial charge in [-0.15, -0.1) is 0 Å². The van der Waals surface area contributed by atoms with Crippen LogP contribution in [-0.2, 0) is 0 Å². The van der Waals surface area contributed by atoms with E-state index in [9.17, 15) is 0 Å². The molecule has 0 spiro atoms. The summed E-state index contributed by atoms with van der Waals surface area (Å²) in [6.45, 7) is 8.42. The molecule has 0 heterocycles. The van der Waals surface area contributed by atoms with E-state index in [0.717, 1.165) is 221 Å². The van der Waals surface area contributed by atoms with Gasteiger partial charge in [0.15, 0.2) is 0 Å². The molecule has 24 aromatic rings. The second-order valence-electron chi connectivity index (χ2n) is 36.2. The van der Waals surface area contributed by atoms with Gasteiger partial charge >= 0.3 is 0 Å². The average Bonchev–Trinajstić information content (AvgIpc) is 0.716. The third-order valence-electron chi connectivity index (χ3n) is 28.0. The van der Waals surface area contributed by atoms with Crippen LogP contribution in [0.25, 0.3) is 154 Å². The van der Waals surface area contributed by atoms with Gasteiger partial charge in [-0.1, -0.05) is 406 Å². The van der Waals surface area contributed by atoms with Crippen molar-refractivity contribution in [3.05, 3.63) is 548 Å². The molecule has 668 valence electrons. The zero-order valence-corrected chi connectivity index (χ0v) is 77.6. The second-order valence-corrected chi connectivity index (χ2v) is 36.2. The summed E-state index contributed by atoms with van der Waals surface area (Å²) < 4.78 is 70.0. The quantitative estimate of drug-likeness (QED) is 0.0428. The molecule has 140 heavy (non-hydrogen) atoms. The Bertz CT molecular complexity index is 8250. The first-order valence-electron chi connectivity index (χ1n) is 47.7. The molecule has 24 rings (SSSR count). The lowest BCUT2D eigenvalue weighted by Gasteiger charge is -2.32. The van der Waals surface area contributed by atoms with Crippen LogP contribution >= 0.6 is 0 Å². The summed E-state index contributed by atoms with van der Waals surface area (Å²) in [6, 6.07) is 164. The first kappa shape index (κ1) is 86.6. The van der Waals surface area contributed by atoms with Crippen LogP contribution in [0.15, 0.2) is 485 Å². The number of anilines is 9. The highest BCUT2D eigenvalue weighted by Crippen LogP contribution is 2.58. The van der Waals surface area contributed by atoms with Gasteiger partial charge in [-0.2, -0.15) is 0 Å². The zero-order chi connectivity index (χ0) is 94.6. The van der Waals surface area contributed by atoms with Crippen molar-refractivity contribution in [3.63, 3.8) is 0 Å². The molecule has 0 bridgehead atoms. The molecule has 0 fully saturated rings. The van der Waals surface area contributed by atoms with Crippen molar-refractivity contribution in [1.29, 1.82) is 0 Å². The molecule has 0 aliphatic heterocycles. The van der Waals surface area contributed by atoms with Crippen molar-refractivity contribution >= 4 is 116 Å². The Hall–Kier alpha value is -17.5. The summed E-state index contributed by atoms with van der Waals surface area (Å²) in [6.07, 6.45) is 0. The van der Waals surface area contributed by atoms with Crippen LogP contribution in [-0.4, -0.2) is 0 Å². The van der Waals surface area contributed by atoms with E-state index in [1.165, 1.54) is 0 Å². The molecule has 0 radical (unpaired) electrons. The lowest BCUT2D eigenvalue weighted by molar-refractivity contribution is 0.608. The van der Waals surface area contributed by atoms with E-state index < -0.39 is 5.92 Å². The van der Waals surface area contributed by atoms with Gasteiger partial charge in [0.05, 0.1) is 34.1 Å². The molecule has 0 N–H and O–H groups in total. The molecule has 1 atom stereocenters. The van der Waals surface area contributed by atoms with E-state index >= 15 is 17.6 Å². The van der Waals surface area contributed by atoms with Crippen LogP contribution in [0.5, 0.6) is 0 Å². The van der Waals surface area contributed by atoms with Gasteiger partial charge in [0, 0.05) is 61.4 Å². The normalized spacial score (nSPS) is 11.7. The first-order valence-corrected chi connectivity index (χ1v) is 47.7. The highest BCUT2D eigenvalue weighted by molar-refractivity contribution is 6.30. The predicted octanol–water partition coefficient (Wildman–Crippen LogP) is 37.9. The largest absolute Gasteiger partial charge is 0.307 e. The molecule has 1 unspecified atom stereocenters. The van der Waals surface area contributed by atoms with E-state index in [0.29, 0.717) is 22.6 Å². The lowest BCUT2D eigenvalue weighted by Crippen LogP contribution is -2.15. The van der Waals surface area contributed by atoms with Gasteiger partial charge in [0.2, 0.25) is 0 Å². The van der Waals surface area contributed by atoms with Crippen molar-refractivity contribution in [3.8, 4) is 89.0 Å². The van der Waals surface area contributed by atoms with E-state index in [1.807, 2.05) is 218 Å². The fourth-order valence-corrected chi connectivity index (χ4v) is 21.7. The Kier molecular flexibility index (Phi) is 22.8. The molecular weight excluding hydrogens is 1720 g/mol. The minimum atomic E-state index is -0.483. The van der Waals surface area contributed by atoms with Crippen molar-refractivity contribution in [2.24, 2.45) is 0 Å². The third-order valence-corrected chi connectivity index (χ3v) is 28.0. The Balaban J connectivity index is 0.000000156. The summed E-state index contributed by atoms with van der Waals surface area (Å²) in [5.41, 5.74) is 28.3. The predicted molar refractivity (Wildman–Crippen MR) is 580 cm³/mol. The van der Waals surface area contributed by atoms with Gasteiger partial charge in [-0.3, -0.25) is 0 Å². The van der Waals surface area contributed by atoms with Crippen molar-refractivity contribution in [1.82, 2.24) is 0 Å². The monoisotopic (exact) mass is 1810 g/mol. The number of benzene rings is 24. The molecule has 7 heteroatoms. The van der Waals surface area contributed by atoms with Crippen LogP contribution in [0.4, 0.5) is 68.7 Å². The van der Waals surface area contributed by atoms with Gasteiger partial charge in [0.1, 0.15) is 23.3 Å². The Morgan fingerprint density at radius 1 is 0.186 bits per heavy atom. The maximum Gasteiger partial charge on any atom is 0.147 e. The average molecular weight is 1810 g/mol. The number of rotatable bonds is 20. The van der Waals surface area contributed by atoms with E-state index in [4.69, 9.17) is 0 Å². The highest BCUT2D eigenvalue weighted by atomic mass is 19.1. The fourth-order valence-electron chi connectivity index (χ4n) is 21.7. The smallest absolute Gasteiger partial charge is 0.147 e. The standard InChI is InChI=1S/C68H50F2N2.C65H43F2N/c1-43-19-11-15-27-51(43)55-37-39-59(69)67(65(55)53-29-17-13-21-45(53)3)71(49-23-7-5-8-24-49)61-41-33-47-32-36-58-62(42-34-48-31-35-57(61)63(47)64(48)58)72(50-25-9-6-10-26-50)68-60(70)40-38-56(52-28-16-12-20-44(52)2)66(68)54-30-18-14-22-46(54)4;66-56-40-38-51(43-19-7-1-8-20-43)59(45-23-11-3-12-24-45)64(56)61(46-25-13-4-14-26-46)54-36-31-48-33-37-55-58(42-34-49-32-35-53(54)60(48)62(49)55)68(50-29-17-6-18-30-50)65-57(67)41-39-52(44-21-9-2-10-22-44)63(65)47-27-15-5-16-28-47/h5-42H,1-4H3;1-42,61H. The molecular formula is C133H93F4N3. The van der Waals surface area contributed by atoms with Gasteiger partial charge < -0.3 is 14.7 Å². The van der Waals surface area contributed by atoms with Crippen molar-refractivity contribution < 1.29 is 17.6 Å². The van der Waals surface area contributed by atoms with E-state index in [-0.39, 0.29) is 23.3 Å². The number of halogens is 4. The molecule has 0 aromatic heterocycles. The van der Waals surface area contributed by atoms with E-state index in [1.54, 1.807) is 24.3 Å². The maximum atomic E-state index is 17.6. The number of hydrogen-bond acceptors (Lipinski definition) is 3. The Labute approximate surface area is 812 Å². The van der Waals surface area contributed by atoms with Crippen molar-refractivity contribution in [2.75, 3.05) is 14.7 Å². The summed E-state index contributed by atoms with van der Waals surface area (Å²) >= 11 is 0. The summed E-state index contributed by atoms with van der Waals surface area (Å²) in [7, 11) is 0. The molecule has 0 aliphatic rings. The van der Waals surface area contributed by atoms with Crippen LogP contribution in [0.3, 0.4) is 0 Å². The number of aryl methyl sites for hydroxylation is 4. The SMILES string of the molecule is Cc1ccccc1-c1ccc(F)c(N(c2ccccc2)c2ccc3ccc4c(N(c5ccccc5)c5c(F)ccc(-c6ccccc6C)c5-c5ccccc5C)ccc5ccc2c3c54)c1-c1ccccc1C.Fc1ccc(-c2ccccc2)c(-c2ccccc2)c1C(c1ccccc1)c1ccc2ccc3c(N(c4ccccc4)c4c(F)ccc(-c5ccccc5)c4-c4ccccc4)ccc4ccc1c2c43. The molecule has 0 saturated carbocycles. The van der Waals surface area contributed by atoms with Crippen LogP contribution in [0.1, 0.15) is 44.9 Å². The Morgan fingerprint density at radius 2 is 0.450 bits per heavy atom. The minimum Gasteiger partial charge on any atom is -0.307 e. The van der Waals surface area contributed by atoms with Crippen LogP contribution in [0.2, 0.25) is 0 Å². The van der Waals surface area contributed by atoms with Crippen molar-refractivity contribution in [2.45, 2.75) is 33.6 Å². The summed E-state index contributed by atoms with van der Waals surface area (Å²) in [4.78, 5) is 6.33. The van der Waals surface area contributed by atoms with Gasteiger partial charge in [0.25, 0.3) is 0 Å². The second kappa shape index (κ2) is 36.9. The topological polar surface area (TPSA) is 9.72 Å². The highest BCUT2D eigenvalue weighted by Gasteiger charge is 2.35. The zero-order valence-electron chi connectivity index (χ0n) is 77.6. The molecule has 0 saturated heterocycles. The lowest BCUT2D eigenvalue weighted by atomic mass is 9.76. The van der Waals surface area contributed by atoms with E-state index in [2.05, 4.69) is 285 Å². The van der Waals surface area contributed by atoms with Crippen LogP contribution in [0, 0.1) is 51.0 Å². The fraction of sp³-hybridized carbons (Fsp3) is 0.0376. The third kappa shape index (κ3) is 15.4. The van der Waals surface area contributed by atoms with Gasteiger partial charge in [-0.25, -0.2) is 17.6 Å². The number of hydrogen-bond donors (Lipinski definition) is 0. The Morgan fingerprint density at radius 3 is 0.814 bits per heavy atom. The molecule has 3 nitrogen and oxygen atoms in total. The summed E-state index contributed by atoms with van der Waals surface area (Å²) in [5, 5.41) is 12.4. The number of nitrogens with zero attached hydrogens (tertiary/aromatic N) is 3. The molecule has 0 aliphatic carbocycles. The molecule has 0 amide bonds. The molecule has 24 aromatic carbocycles. The number of para-hydroxylation sites is 3. The van der Waals surface area contributed by atoms with Crippen LogP contribution < -0.4 is 14.7 Å². The maximum absolute atomic E-state index is 17.6. The minimum absolute atomic E-state index is 0.266. The summed E-state index contributed by atoms with van der Waals surface area (Å²) in [5.74, 6) is -1.75. The first-order chi connectivity index (χ1) is 68.9. The van der Waals surface area contributed by atoms with Gasteiger partial charge in [-0.05, 0) is 261 Å².